The maximum atomic E-state index is 9.94. The zero-order chi connectivity index (χ0) is 15.0. The highest BCUT2D eigenvalue weighted by atomic mass is 16.5. The van der Waals surface area contributed by atoms with E-state index in [1.54, 1.807) is 18.2 Å². The first-order valence-corrected chi connectivity index (χ1v) is 6.68. The zero-order valence-electron chi connectivity index (χ0n) is 11.5. The Labute approximate surface area is 122 Å². The molecule has 5 heteroatoms. The minimum atomic E-state index is -0.353. The number of hydrogen-bond acceptors (Lipinski definition) is 5. The molecule has 3 rings (SSSR count). The van der Waals surface area contributed by atoms with Crippen LogP contribution in [-0.2, 0) is 6.42 Å². The van der Waals surface area contributed by atoms with Gasteiger partial charge in [-0.05, 0) is 18.9 Å². The van der Waals surface area contributed by atoms with Gasteiger partial charge < -0.3 is 24.8 Å². The molecular weight excluding hydrogens is 272 g/mol. The van der Waals surface area contributed by atoms with Crippen molar-refractivity contribution in [3.05, 3.63) is 41.5 Å². The lowest BCUT2D eigenvalue weighted by Crippen LogP contribution is -2.16. The van der Waals surface area contributed by atoms with Crippen LogP contribution in [0.2, 0.25) is 0 Å². The van der Waals surface area contributed by atoms with Gasteiger partial charge in [0.1, 0.15) is 17.6 Å². The van der Waals surface area contributed by atoms with Crippen molar-refractivity contribution < 1.29 is 24.8 Å². The van der Waals surface area contributed by atoms with E-state index in [9.17, 15) is 15.3 Å². The number of fused-ring (bicyclic) bond motifs is 1. The van der Waals surface area contributed by atoms with Gasteiger partial charge in [0.2, 0.25) is 5.75 Å². The van der Waals surface area contributed by atoms with Crippen LogP contribution in [0.5, 0.6) is 28.7 Å². The summed E-state index contributed by atoms with van der Waals surface area (Å²) in [5, 5.41) is 29.7. The number of benzene rings is 2. The monoisotopic (exact) mass is 288 g/mol. The number of hydrogen-bond donors (Lipinski definition) is 3. The summed E-state index contributed by atoms with van der Waals surface area (Å²) < 4.78 is 11.0. The summed E-state index contributed by atoms with van der Waals surface area (Å²) in [6.45, 7) is 0. The van der Waals surface area contributed by atoms with Crippen LogP contribution >= 0.6 is 0 Å². The van der Waals surface area contributed by atoms with Crippen LogP contribution in [0.4, 0.5) is 0 Å². The number of methoxy groups -OCH3 is 1. The summed E-state index contributed by atoms with van der Waals surface area (Å²) in [4.78, 5) is 0. The molecule has 21 heavy (non-hydrogen) atoms. The molecule has 0 aromatic heterocycles. The molecule has 1 aliphatic rings. The predicted octanol–water partition coefficient (Wildman–Crippen LogP) is 2.88. The third-order valence-corrected chi connectivity index (χ3v) is 3.70. The van der Waals surface area contributed by atoms with Crippen LogP contribution in [0.3, 0.4) is 0 Å². The largest absolute Gasteiger partial charge is 0.508 e. The topological polar surface area (TPSA) is 79.2 Å². The first-order chi connectivity index (χ1) is 10.1. The van der Waals surface area contributed by atoms with Gasteiger partial charge in [0.15, 0.2) is 11.5 Å². The normalized spacial score (nSPS) is 16.9. The number of phenols is 3. The van der Waals surface area contributed by atoms with E-state index >= 15 is 0 Å². The summed E-state index contributed by atoms with van der Waals surface area (Å²) >= 11 is 0. The number of aromatic hydroxyl groups is 3. The number of rotatable bonds is 2. The molecule has 3 N–H and O–H groups in total. The van der Waals surface area contributed by atoms with Gasteiger partial charge in [-0.3, -0.25) is 0 Å². The van der Waals surface area contributed by atoms with Gasteiger partial charge in [0, 0.05) is 17.2 Å². The molecule has 110 valence electrons. The molecule has 5 nitrogen and oxygen atoms in total. The quantitative estimate of drug-likeness (QED) is 0.792. The first-order valence-electron chi connectivity index (χ1n) is 6.68. The van der Waals surface area contributed by atoms with Crippen molar-refractivity contribution in [3.63, 3.8) is 0 Å². The molecule has 2 aromatic carbocycles. The molecule has 0 amide bonds. The van der Waals surface area contributed by atoms with E-state index in [2.05, 4.69) is 0 Å². The Morgan fingerprint density at radius 3 is 2.57 bits per heavy atom. The fourth-order valence-electron chi connectivity index (χ4n) is 2.67. The summed E-state index contributed by atoms with van der Waals surface area (Å²) in [6.07, 6.45) is 0.830. The number of para-hydroxylation sites is 1. The zero-order valence-corrected chi connectivity index (χ0v) is 11.5. The van der Waals surface area contributed by atoms with Crippen molar-refractivity contribution in [3.8, 4) is 28.7 Å². The lowest BCUT2D eigenvalue weighted by Gasteiger charge is -2.28. The van der Waals surface area contributed by atoms with Crippen LogP contribution in [0.15, 0.2) is 30.3 Å². The van der Waals surface area contributed by atoms with Crippen molar-refractivity contribution in [2.24, 2.45) is 0 Å². The van der Waals surface area contributed by atoms with Crippen molar-refractivity contribution in [2.45, 2.75) is 18.9 Å². The molecule has 1 unspecified atom stereocenters. The molecule has 2 aromatic rings. The van der Waals surface area contributed by atoms with Gasteiger partial charge >= 0.3 is 0 Å². The molecular formula is C16H16O5. The van der Waals surface area contributed by atoms with Crippen LogP contribution < -0.4 is 9.47 Å². The third kappa shape index (κ3) is 2.20. The third-order valence-electron chi connectivity index (χ3n) is 3.70. The van der Waals surface area contributed by atoms with E-state index in [-0.39, 0.29) is 29.1 Å². The van der Waals surface area contributed by atoms with E-state index in [1.165, 1.54) is 13.2 Å². The molecule has 1 atom stereocenters. The van der Waals surface area contributed by atoms with E-state index in [0.717, 1.165) is 0 Å². The van der Waals surface area contributed by atoms with Crippen LogP contribution in [-0.4, -0.2) is 22.4 Å². The summed E-state index contributed by atoms with van der Waals surface area (Å²) in [6, 6.07) is 8.21. The van der Waals surface area contributed by atoms with E-state index in [4.69, 9.17) is 9.47 Å². The Morgan fingerprint density at radius 1 is 1.10 bits per heavy atom. The van der Waals surface area contributed by atoms with Crippen molar-refractivity contribution in [1.82, 2.24) is 0 Å². The van der Waals surface area contributed by atoms with E-state index in [1.807, 2.05) is 6.07 Å². The Kier molecular flexibility index (Phi) is 3.25. The Bertz CT molecular complexity index is 660. The molecule has 0 fully saturated rings. The first kappa shape index (κ1) is 13.4. The molecule has 1 heterocycles. The molecule has 1 aliphatic heterocycles. The Morgan fingerprint density at radius 2 is 1.86 bits per heavy atom. The molecule has 0 saturated heterocycles. The van der Waals surface area contributed by atoms with Gasteiger partial charge in [-0.2, -0.15) is 0 Å². The maximum Gasteiger partial charge on any atom is 0.203 e. The van der Waals surface area contributed by atoms with Gasteiger partial charge in [-0.25, -0.2) is 0 Å². The molecule has 0 bridgehead atoms. The number of ether oxygens (including phenoxy) is 2. The standard InChI is InChI=1S/C16H16O5/c1-20-16-13(19)8-12(18)10-6-7-14(21-15(10)16)9-4-2-3-5-11(9)17/h2-5,8,14,17-19H,6-7H2,1H3. The van der Waals surface area contributed by atoms with Crippen molar-refractivity contribution in [1.29, 1.82) is 0 Å². The lowest BCUT2D eigenvalue weighted by atomic mass is 9.95. The van der Waals surface area contributed by atoms with Gasteiger partial charge in [0.05, 0.1) is 7.11 Å². The minimum Gasteiger partial charge on any atom is -0.508 e. The highest BCUT2D eigenvalue weighted by Crippen LogP contribution is 2.50. The predicted molar refractivity (Wildman–Crippen MR) is 76.1 cm³/mol. The highest BCUT2D eigenvalue weighted by molar-refractivity contribution is 5.61. The fraction of sp³-hybridized carbons (Fsp3) is 0.250. The second kappa shape index (κ2) is 5.09. The van der Waals surface area contributed by atoms with Gasteiger partial charge in [0.25, 0.3) is 0 Å². The summed E-state index contributed by atoms with van der Waals surface area (Å²) in [5.41, 5.74) is 1.28. The van der Waals surface area contributed by atoms with Crippen LogP contribution in [0.25, 0.3) is 0 Å². The number of phenolic OH excluding ortho intramolecular Hbond substituents is 3. The molecule has 0 aliphatic carbocycles. The Balaban J connectivity index is 2.04. The minimum absolute atomic E-state index is 0.0148. The summed E-state index contributed by atoms with van der Waals surface area (Å²) in [5.74, 6) is 0.498. The second-order valence-corrected chi connectivity index (χ2v) is 4.96. The summed E-state index contributed by atoms with van der Waals surface area (Å²) in [7, 11) is 1.43. The van der Waals surface area contributed by atoms with Crippen molar-refractivity contribution in [2.75, 3.05) is 7.11 Å². The van der Waals surface area contributed by atoms with E-state index in [0.29, 0.717) is 29.7 Å². The van der Waals surface area contributed by atoms with Crippen LogP contribution in [0.1, 0.15) is 23.7 Å². The van der Waals surface area contributed by atoms with E-state index < -0.39 is 0 Å². The maximum absolute atomic E-state index is 9.94. The average Bonchev–Trinajstić information content (AvgIpc) is 2.47. The van der Waals surface area contributed by atoms with Crippen molar-refractivity contribution >= 4 is 0 Å². The molecule has 0 radical (unpaired) electrons. The second-order valence-electron chi connectivity index (χ2n) is 4.96. The molecule has 0 saturated carbocycles. The van der Waals surface area contributed by atoms with Crippen LogP contribution in [0, 0.1) is 0 Å². The fourth-order valence-corrected chi connectivity index (χ4v) is 2.67. The highest BCUT2D eigenvalue weighted by Gasteiger charge is 2.29. The molecule has 0 spiro atoms. The van der Waals surface area contributed by atoms with Gasteiger partial charge in [-0.1, -0.05) is 18.2 Å². The Hall–Kier alpha value is -2.56. The average molecular weight is 288 g/mol. The lowest BCUT2D eigenvalue weighted by molar-refractivity contribution is 0.162. The SMILES string of the molecule is COc1c(O)cc(O)c2c1OC(c1ccccc1O)CC2. The van der Waals surface area contributed by atoms with Gasteiger partial charge in [-0.15, -0.1) is 0 Å². The smallest absolute Gasteiger partial charge is 0.203 e.